The minimum absolute atomic E-state index is 0.755. The quantitative estimate of drug-likeness (QED) is 0.551. The Hall–Kier alpha value is -1.08. The summed E-state index contributed by atoms with van der Waals surface area (Å²) in [6, 6.07) is 8.77. The van der Waals surface area contributed by atoms with Crippen molar-refractivity contribution in [2.24, 2.45) is 0 Å². The first-order valence-corrected chi connectivity index (χ1v) is 5.81. The van der Waals surface area contributed by atoms with E-state index in [1.165, 1.54) is 18.4 Å². The van der Waals surface area contributed by atoms with Gasteiger partial charge in [-0.15, -0.1) is 6.58 Å². The van der Waals surface area contributed by atoms with Crippen molar-refractivity contribution in [3.63, 3.8) is 0 Å². The second-order valence-electron chi connectivity index (χ2n) is 4.23. The van der Waals surface area contributed by atoms with Crippen LogP contribution in [0.2, 0.25) is 0 Å². The largest absolute Gasteiger partial charge is 0.316 e. The van der Waals surface area contributed by atoms with Crippen LogP contribution in [0.25, 0.3) is 0 Å². The van der Waals surface area contributed by atoms with Gasteiger partial charge in [0.15, 0.2) is 0 Å². The summed E-state index contributed by atoms with van der Waals surface area (Å²) in [5.74, 6) is 0.755. The summed E-state index contributed by atoms with van der Waals surface area (Å²) in [5, 5.41) is 3.52. The maximum atomic E-state index is 3.72. The van der Waals surface area contributed by atoms with E-state index in [9.17, 15) is 0 Å². The summed E-state index contributed by atoms with van der Waals surface area (Å²) in [5.41, 5.74) is 3.09. The highest BCUT2D eigenvalue weighted by atomic mass is 14.9. The molecule has 80 valence electrons. The van der Waals surface area contributed by atoms with Crippen molar-refractivity contribution >= 4 is 0 Å². The third-order valence-electron chi connectivity index (χ3n) is 3.11. The predicted octanol–water partition coefficient (Wildman–Crippen LogP) is 2.88. The molecule has 0 fully saturated rings. The Morgan fingerprint density at radius 2 is 2.27 bits per heavy atom. The van der Waals surface area contributed by atoms with Crippen LogP contribution in [0, 0.1) is 0 Å². The van der Waals surface area contributed by atoms with Crippen LogP contribution >= 0.6 is 0 Å². The van der Waals surface area contributed by atoms with Gasteiger partial charge in [-0.1, -0.05) is 30.3 Å². The average molecular weight is 201 g/mol. The van der Waals surface area contributed by atoms with Gasteiger partial charge in [-0.25, -0.2) is 0 Å². The third kappa shape index (κ3) is 2.48. The van der Waals surface area contributed by atoms with Gasteiger partial charge in [0.2, 0.25) is 0 Å². The number of nitrogens with one attached hydrogen (secondary N) is 1. The molecular formula is C14H19N. The van der Waals surface area contributed by atoms with Gasteiger partial charge in [0.25, 0.3) is 0 Å². The molecule has 1 nitrogen and oxygen atoms in total. The van der Waals surface area contributed by atoms with Crippen molar-refractivity contribution in [1.29, 1.82) is 0 Å². The molecule has 1 aliphatic rings. The molecule has 1 aliphatic carbocycles. The first-order valence-electron chi connectivity index (χ1n) is 5.81. The zero-order chi connectivity index (χ0) is 10.5. The van der Waals surface area contributed by atoms with Gasteiger partial charge in [0, 0.05) is 12.5 Å². The Labute approximate surface area is 92.2 Å². The number of hydrogen-bond acceptors (Lipinski definition) is 1. The van der Waals surface area contributed by atoms with Crippen LogP contribution in [0.3, 0.4) is 0 Å². The van der Waals surface area contributed by atoms with E-state index in [1.54, 1.807) is 5.56 Å². The Bertz CT molecular complexity index is 330. The van der Waals surface area contributed by atoms with E-state index in [2.05, 4.69) is 36.2 Å². The average Bonchev–Trinajstić information content (AvgIpc) is 2.24. The molecule has 1 unspecified atom stereocenters. The van der Waals surface area contributed by atoms with Gasteiger partial charge < -0.3 is 5.32 Å². The summed E-state index contributed by atoms with van der Waals surface area (Å²) >= 11 is 0. The highest BCUT2D eigenvalue weighted by molar-refractivity contribution is 5.40. The van der Waals surface area contributed by atoms with Crippen LogP contribution in [0.4, 0.5) is 0 Å². The maximum absolute atomic E-state index is 3.72. The SMILES string of the molecule is C=CCCCNCC1Cc2ccccc21. The lowest BCUT2D eigenvalue weighted by atomic mass is 9.77. The molecule has 1 aromatic carbocycles. The number of allylic oxidation sites excluding steroid dienone is 1. The minimum Gasteiger partial charge on any atom is -0.316 e. The molecule has 1 N–H and O–H groups in total. The van der Waals surface area contributed by atoms with Crippen LogP contribution in [-0.2, 0) is 6.42 Å². The first-order chi connectivity index (χ1) is 7.42. The predicted molar refractivity (Wildman–Crippen MR) is 65.2 cm³/mol. The Morgan fingerprint density at radius 1 is 1.40 bits per heavy atom. The van der Waals surface area contributed by atoms with Gasteiger partial charge in [-0.05, 0) is 36.9 Å². The van der Waals surface area contributed by atoms with E-state index in [1.807, 2.05) is 6.08 Å². The molecule has 0 bridgehead atoms. The lowest BCUT2D eigenvalue weighted by Crippen LogP contribution is -2.29. The van der Waals surface area contributed by atoms with Crippen molar-refractivity contribution in [2.75, 3.05) is 13.1 Å². The molecule has 1 aromatic rings. The molecule has 0 radical (unpaired) electrons. The van der Waals surface area contributed by atoms with Crippen molar-refractivity contribution in [2.45, 2.75) is 25.2 Å². The van der Waals surface area contributed by atoms with Gasteiger partial charge >= 0.3 is 0 Å². The molecule has 0 saturated heterocycles. The Morgan fingerprint density at radius 3 is 3.07 bits per heavy atom. The molecule has 1 heteroatoms. The summed E-state index contributed by atoms with van der Waals surface area (Å²) in [7, 11) is 0. The first kappa shape index (κ1) is 10.4. The van der Waals surface area contributed by atoms with E-state index in [4.69, 9.17) is 0 Å². The molecule has 0 saturated carbocycles. The summed E-state index contributed by atoms with van der Waals surface area (Å²) < 4.78 is 0. The van der Waals surface area contributed by atoms with Crippen molar-refractivity contribution in [3.8, 4) is 0 Å². The highest BCUT2D eigenvalue weighted by Crippen LogP contribution is 2.33. The summed E-state index contributed by atoms with van der Waals surface area (Å²) in [4.78, 5) is 0. The molecule has 0 aliphatic heterocycles. The zero-order valence-corrected chi connectivity index (χ0v) is 9.21. The summed E-state index contributed by atoms with van der Waals surface area (Å²) in [6.45, 7) is 5.97. The van der Waals surface area contributed by atoms with Crippen molar-refractivity contribution < 1.29 is 0 Å². The second-order valence-corrected chi connectivity index (χ2v) is 4.23. The fourth-order valence-electron chi connectivity index (χ4n) is 2.19. The standard InChI is InChI=1S/C14H19N/c1-2-3-6-9-15-11-13-10-12-7-4-5-8-14(12)13/h2,4-5,7-8,13,15H,1,3,6,9-11H2. The van der Waals surface area contributed by atoms with Crippen LogP contribution in [0.1, 0.15) is 29.9 Å². The zero-order valence-electron chi connectivity index (χ0n) is 9.21. The van der Waals surface area contributed by atoms with Crippen molar-refractivity contribution in [1.82, 2.24) is 5.32 Å². The van der Waals surface area contributed by atoms with Crippen LogP contribution in [0.15, 0.2) is 36.9 Å². The van der Waals surface area contributed by atoms with Crippen molar-refractivity contribution in [3.05, 3.63) is 48.0 Å². The Balaban J connectivity index is 1.69. The van der Waals surface area contributed by atoms with Crippen LogP contribution in [-0.4, -0.2) is 13.1 Å². The molecule has 0 aromatic heterocycles. The number of rotatable bonds is 6. The maximum Gasteiger partial charge on any atom is 0.00234 e. The van der Waals surface area contributed by atoms with Crippen LogP contribution in [0.5, 0.6) is 0 Å². The van der Waals surface area contributed by atoms with Gasteiger partial charge in [0.05, 0.1) is 0 Å². The third-order valence-corrected chi connectivity index (χ3v) is 3.11. The normalized spacial score (nSPS) is 18.0. The van der Waals surface area contributed by atoms with E-state index in [-0.39, 0.29) is 0 Å². The molecule has 0 amide bonds. The monoisotopic (exact) mass is 201 g/mol. The molecule has 0 spiro atoms. The van der Waals surface area contributed by atoms with Gasteiger partial charge in [-0.2, -0.15) is 0 Å². The van der Waals surface area contributed by atoms with Gasteiger partial charge in [0.1, 0.15) is 0 Å². The number of unbranched alkanes of at least 4 members (excludes halogenated alkanes) is 1. The smallest absolute Gasteiger partial charge is 0.00234 e. The number of hydrogen-bond donors (Lipinski definition) is 1. The second kappa shape index (κ2) is 5.13. The highest BCUT2D eigenvalue weighted by Gasteiger charge is 2.24. The fourth-order valence-corrected chi connectivity index (χ4v) is 2.19. The topological polar surface area (TPSA) is 12.0 Å². The van der Waals surface area contributed by atoms with E-state index >= 15 is 0 Å². The van der Waals surface area contributed by atoms with E-state index in [0.29, 0.717) is 0 Å². The molecular weight excluding hydrogens is 182 g/mol. The molecule has 0 heterocycles. The minimum atomic E-state index is 0.755. The molecule has 15 heavy (non-hydrogen) atoms. The summed E-state index contributed by atoms with van der Waals surface area (Å²) in [6.07, 6.45) is 5.57. The van der Waals surface area contributed by atoms with Gasteiger partial charge in [-0.3, -0.25) is 0 Å². The lowest BCUT2D eigenvalue weighted by molar-refractivity contribution is 0.530. The number of fused-ring (bicyclic) bond motifs is 1. The molecule has 2 rings (SSSR count). The molecule has 1 atom stereocenters. The Kier molecular flexibility index (Phi) is 3.57. The van der Waals surface area contributed by atoms with E-state index in [0.717, 1.165) is 25.4 Å². The van der Waals surface area contributed by atoms with Crippen LogP contribution < -0.4 is 5.32 Å². The lowest BCUT2D eigenvalue weighted by Gasteiger charge is -2.30. The fraction of sp³-hybridized carbons (Fsp3) is 0.429. The van der Waals surface area contributed by atoms with E-state index < -0.39 is 0 Å². The number of benzene rings is 1.